The highest BCUT2D eigenvalue weighted by Crippen LogP contribution is 2.22. The average Bonchev–Trinajstić information content (AvgIpc) is 3.30. The summed E-state index contributed by atoms with van der Waals surface area (Å²) >= 11 is 0. The summed E-state index contributed by atoms with van der Waals surface area (Å²) in [6.07, 6.45) is 44.8. The number of esters is 2. The van der Waals surface area contributed by atoms with Crippen molar-refractivity contribution >= 4 is 18.0 Å². The van der Waals surface area contributed by atoms with Crippen LogP contribution in [0.2, 0.25) is 0 Å². The Hall–Kier alpha value is -1.87. The number of nitrogens with one attached hydrogen (secondary N) is 1. The number of hydrogen-bond donors (Lipinski definition) is 1. The molecule has 392 valence electrons. The van der Waals surface area contributed by atoms with E-state index in [4.69, 9.17) is 14.2 Å². The summed E-state index contributed by atoms with van der Waals surface area (Å²) < 4.78 is 17.3. The molecule has 0 aromatic carbocycles. The van der Waals surface area contributed by atoms with E-state index in [9.17, 15) is 14.4 Å². The second-order valence-electron chi connectivity index (χ2n) is 20.3. The fourth-order valence-corrected chi connectivity index (χ4v) is 8.99. The van der Waals surface area contributed by atoms with Crippen molar-refractivity contribution in [2.45, 2.75) is 272 Å². The Morgan fingerprint density at radius 2 is 0.848 bits per heavy atom. The molecule has 9 nitrogen and oxygen atoms in total. The lowest BCUT2D eigenvalue weighted by Gasteiger charge is -2.22. The van der Waals surface area contributed by atoms with E-state index >= 15 is 0 Å². The van der Waals surface area contributed by atoms with Gasteiger partial charge in [0.25, 0.3) is 0 Å². The molecule has 0 aliphatic heterocycles. The number of unbranched alkanes of at least 4 members (excludes halogenated alkanes) is 27. The summed E-state index contributed by atoms with van der Waals surface area (Å²) in [6, 6.07) is 0. The minimum Gasteiger partial charge on any atom is -0.465 e. The predicted octanol–water partition coefficient (Wildman–Crippen LogP) is 15.8. The van der Waals surface area contributed by atoms with Gasteiger partial charge in [0.1, 0.15) is 6.61 Å². The van der Waals surface area contributed by atoms with Crippen LogP contribution in [0.1, 0.15) is 272 Å². The number of hydrogen-bond acceptors (Lipinski definition) is 8. The molecule has 1 N–H and O–H groups in total. The van der Waals surface area contributed by atoms with E-state index in [-0.39, 0.29) is 23.9 Å². The molecule has 0 spiro atoms. The van der Waals surface area contributed by atoms with Crippen LogP contribution in [0.15, 0.2) is 0 Å². The summed E-state index contributed by atoms with van der Waals surface area (Å²) in [5, 5.41) is 2.84. The normalized spacial score (nSPS) is 12.5. The van der Waals surface area contributed by atoms with E-state index in [1.807, 2.05) is 19.0 Å². The lowest BCUT2D eigenvalue weighted by atomic mass is 9.94. The molecular weight excluding hydrogens is 823 g/mol. The van der Waals surface area contributed by atoms with Crippen LogP contribution in [0.4, 0.5) is 4.79 Å². The first-order valence-corrected chi connectivity index (χ1v) is 28.9. The standard InChI is InChI=1S/C57H113N3O6/c1-7-11-15-19-22-23-27-33-41-53(40-32-26-20-16-12-8-2)52-66-55(61)44-36-31-38-47-60(49-51-65-57(63)58-45-48-59(5)6)46-37-29-24-25-30-39-50-64-56(62)54(42-34-18-14-10-4)43-35-28-21-17-13-9-3/h53-54H,7-52H2,1-6H3,(H,58,63). The number of ether oxygens (including phenoxy) is 3. The SMILES string of the molecule is CCCCCCCCCCC(CCCCCCCC)COC(=O)CCCCCN(CCCCCCCCOC(=O)C(CCCCCC)CCCCCCCC)CCOC(=O)NCCN(C)C. The zero-order chi connectivity index (χ0) is 48.4. The molecular formula is C57H113N3O6. The van der Waals surface area contributed by atoms with E-state index in [1.54, 1.807) is 0 Å². The van der Waals surface area contributed by atoms with E-state index in [1.165, 1.54) is 161 Å². The topological polar surface area (TPSA) is 97.4 Å². The van der Waals surface area contributed by atoms with Gasteiger partial charge in [-0.05, 0) is 84.5 Å². The largest absolute Gasteiger partial charge is 0.465 e. The molecule has 0 fully saturated rings. The van der Waals surface area contributed by atoms with Gasteiger partial charge < -0.3 is 24.4 Å². The number of nitrogens with zero attached hydrogens (tertiary/aromatic N) is 2. The molecule has 0 saturated heterocycles. The van der Waals surface area contributed by atoms with Crippen LogP contribution in [0.25, 0.3) is 0 Å². The van der Waals surface area contributed by atoms with Crippen molar-refractivity contribution in [3.8, 4) is 0 Å². The summed E-state index contributed by atoms with van der Waals surface area (Å²) in [7, 11) is 3.97. The summed E-state index contributed by atoms with van der Waals surface area (Å²) in [6.45, 7) is 14.5. The van der Waals surface area contributed by atoms with E-state index in [0.29, 0.717) is 45.2 Å². The third-order valence-corrected chi connectivity index (χ3v) is 13.5. The summed E-state index contributed by atoms with van der Waals surface area (Å²) in [5.41, 5.74) is 0. The Morgan fingerprint density at radius 1 is 0.424 bits per heavy atom. The second kappa shape index (κ2) is 51.0. The van der Waals surface area contributed by atoms with Crippen LogP contribution < -0.4 is 5.32 Å². The second-order valence-corrected chi connectivity index (χ2v) is 20.3. The number of likely N-dealkylation sites (N-methyl/N-ethyl adjacent to an activating group) is 1. The molecule has 0 bridgehead atoms. The van der Waals surface area contributed by atoms with Gasteiger partial charge in [-0.2, -0.15) is 0 Å². The first-order chi connectivity index (χ1) is 32.3. The highest BCUT2D eigenvalue weighted by atomic mass is 16.5. The van der Waals surface area contributed by atoms with Crippen LogP contribution in [0.5, 0.6) is 0 Å². The van der Waals surface area contributed by atoms with Gasteiger partial charge in [-0.1, -0.05) is 214 Å². The van der Waals surface area contributed by atoms with Gasteiger partial charge in [-0.3, -0.25) is 14.5 Å². The quantitative estimate of drug-likeness (QED) is 0.0366. The van der Waals surface area contributed by atoms with Crippen LogP contribution in [0, 0.1) is 11.8 Å². The maximum Gasteiger partial charge on any atom is 0.407 e. The fraction of sp³-hybridized carbons (Fsp3) is 0.947. The minimum atomic E-state index is -0.353. The number of carbonyl (C=O) groups is 3. The van der Waals surface area contributed by atoms with Crippen molar-refractivity contribution in [2.24, 2.45) is 11.8 Å². The van der Waals surface area contributed by atoms with Crippen LogP contribution in [0.3, 0.4) is 0 Å². The Kier molecular flexibility index (Phi) is 49.5. The molecule has 0 aliphatic carbocycles. The lowest BCUT2D eigenvalue weighted by molar-refractivity contribution is -0.149. The third kappa shape index (κ3) is 45.9. The van der Waals surface area contributed by atoms with E-state index in [2.05, 4.69) is 37.9 Å². The number of amides is 1. The number of carbonyl (C=O) groups excluding carboxylic acids is 3. The zero-order valence-electron chi connectivity index (χ0n) is 45.0. The molecule has 2 unspecified atom stereocenters. The predicted molar refractivity (Wildman–Crippen MR) is 281 cm³/mol. The maximum atomic E-state index is 13.0. The number of rotatable bonds is 52. The van der Waals surface area contributed by atoms with Gasteiger partial charge in [0.05, 0.1) is 19.1 Å². The Labute approximate surface area is 410 Å². The zero-order valence-corrected chi connectivity index (χ0v) is 45.0. The molecule has 9 heteroatoms. The minimum absolute atomic E-state index is 0.0342. The molecule has 0 heterocycles. The lowest BCUT2D eigenvalue weighted by Crippen LogP contribution is -2.35. The van der Waals surface area contributed by atoms with Crippen LogP contribution in [-0.2, 0) is 23.8 Å². The van der Waals surface area contributed by atoms with Gasteiger partial charge in [0.2, 0.25) is 0 Å². The van der Waals surface area contributed by atoms with E-state index < -0.39 is 0 Å². The summed E-state index contributed by atoms with van der Waals surface area (Å²) in [5.74, 6) is 0.583. The van der Waals surface area contributed by atoms with Crippen molar-refractivity contribution in [1.82, 2.24) is 15.1 Å². The van der Waals surface area contributed by atoms with Crippen molar-refractivity contribution in [3.63, 3.8) is 0 Å². The smallest absolute Gasteiger partial charge is 0.407 e. The van der Waals surface area contributed by atoms with Crippen molar-refractivity contribution < 1.29 is 28.6 Å². The van der Waals surface area contributed by atoms with Gasteiger partial charge in [-0.15, -0.1) is 0 Å². The average molecular weight is 937 g/mol. The molecule has 0 rings (SSSR count). The molecule has 0 aromatic heterocycles. The number of alkyl carbamates (subject to hydrolysis) is 1. The monoisotopic (exact) mass is 936 g/mol. The molecule has 1 amide bonds. The highest BCUT2D eigenvalue weighted by Gasteiger charge is 2.19. The van der Waals surface area contributed by atoms with Gasteiger partial charge in [-0.25, -0.2) is 4.79 Å². The van der Waals surface area contributed by atoms with Gasteiger partial charge >= 0.3 is 18.0 Å². The highest BCUT2D eigenvalue weighted by molar-refractivity contribution is 5.72. The molecule has 2 atom stereocenters. The Bertz CT molecular complexity index is 1040. The molecule has 0 aliphatic rings. The van der Waals surface area contributed by atoms with Gasteiger partial charge in [0, 0.05) is 26.1 Å². The summed E-state index contributed by atoms with van der Waals surface area (Å²) in [4.78, 5) is 42.6. The molecule has 66 heavy (non-hydrogen) atoms. The Morgan fingerprint density at radius 3 is 1.35 bits per heavy atom. The first-order valence-electron chi connectivity index (χ1n) is 28.9. The Balaban J connectivity index is 4.70. The molecule has 0 radical (unpaired) electrons. The van der Waals surface area contributed by atoms with Crippen molar-refractivity contribution in [3.05, 3.63) is 0 Å². The first kappa shape index (κ1) is 64.1. The van der Waals surface area contributed by atoms with Gasteiger partial charge in [0.15, 0.2) is 0 Å². The maximum absolute atomic E-state index is 13.0. The van der Waals surface area contributed by atoms with Crippen molar-refractivity contribution in [2.75, 3.05) is 66.6 Å². The third-order valence-electron chi connectivity index (χ3n) is 13.5. The van der Waals surface area contributed by atoms with Crippen LogP contribution in [-0.4, -0.2) is 94.5 Å². The molecule has 0 aromatic rings. The van der Waals surface area contributed by atoms with Crippen molar-refractivity contribution in [1.29, 1.82) is 0 Å². The van der Waals surface area contributed by atoms with Crippen LogP contribution >= 0.6 is 0 Å². The fourth-order valence-electron chi connectivity index (χ4n) is 8.99. The molecule has 0 saturated carbocycles. The van der Waals surface area contributed by atoms with E-state index in [0.717, 1.165) is 96.7 Å².